The second kappa shape index (κ2) is 12.7. The van der Waals surface area contributed by atoms with Crippen molar-refractivity contribution in [2.75, 3.05) is 32.8 Å². The normalized spacial score (nSPS) is 15.9. The van der Waals surface area contributed by atoms with Gasteiger partial charge in [-0.3, -0.25) is 4.79 Å². The van der Waals surface area contributed by atoms with Crippen LogP contribution in [0.3, 0.4) is 0 Å². The number of nitrogens with one attached hydrogen (secondary N) is 3. The zero-order valence-corrected chi connectivity index (χ0v) is 19.0. The molecule has 3 N–H and O–H groups in total. The van der Waals surface area contributed by atoms with Gasteiger partial charge in [0.15, 0.2) is 5.96 Å². The van der Waals surface area contributed by atoms with Gasteiger partial charge in [0.2, 0.25) is 0 Å². The van der Waals surface area contributed by atoms with Crippen LogP contribution in [0, 0.1) is 6.92 Å². The first-order valence-corrected chi connectivity index (χ1v) is 11.3. The van der Waals surface area contributed by atoms with Gasteiger partial charge in [-0.25, -0.2) is 4.99 Å². The van der Waals surface area contributed by atoms with Gasteiger partial charge < -0.3 is 25.4 Å². The van der Waals surface area contributed by atoms with E-state index in [1.165, 1.54) is 0 Å². The van der Waals surface area contributed by atoms with Crippen molar-refractivity contribution < 1.29 is 14.3 Å². The van der Waals surface area contributed by atoms with Crippen LogP contribution in [0.5, 0.6) is 5.75 Å². The molecule has 2 aromatic carbocycles. The number of hydrogen-bond donors (Lipinski definition) is 3. The number of rotatable bonds is 10. The maximum absolute atomic E-state index is 12.1. The minimum absolute atomic E-state index is 0.0815. The lowest BCUT2D eigenvalue weighted by Gasteiger charge is -2.16. The van der Waals surface area contributed by atoms with Crippen molar-refractivity contribution in [1.82, 2.24) is 16.0 Å². The highest BCUT2D eigenvalue weighted by molar-refractivity contribution is 5.94. The van der Waals surface area contributed by atoms with Gasteiger partial charge in [0, 0.05) is 37.4 Å². The highest BCUT2D eigenvalue weighted by atomic mass is 16.5. The van der Waals surface area contributed by atoms with Gasteiger partial charge in [-0.2, -0.15) is 0 Å². The lowest BCUT2D eigenvalue weighted by molar-refractivity contribution is 0.0676. The fraction of sp³-hybridized carbons (Fsp3) is 0.440. The van der Waals surface area contributed by atoms with Crippen LogP contribution in [-0.4, -0.2) is 50.8 Å². The third-order valence-corrected chi connectivity index (χ3v) is 5.16. The average Bonchev–Trinajstić information content (AvgIpc) is 3.33. The first kappa shape index (κ1) is 23.6. The van der Waals surface area contributed by atoms with Crippen LogP contribution in [0.2, 0.25) is 0 Å². The summed E-state index contributed by atoms with van der Waals surface area (Å²) in [6.07, 6.45) is 2.33. The Labute approximate surface area is 190 Å². The largest absolute Gasteiger partial charge is 0.491 e. The summed E-state index contributed by atoms with van der Waals surface area (Å²) in [6.45, 7) is 7.78. The number of ether oxygens (including phenoxy) is 2. The van der Waals surface area contributed by atoms with E-state index in [-0.39, 0.29) is 12.0 Å². The summed E-state index contributed by atoms with van der Waals surface area (Å²) in [5, 5.41) is 9.43. The van der Waals surface area contributed by atoms with Crippen LogP contribution in [0.25, 0.3) is 0 Å². The number of carbonyl (C=O) groups excluding carboxylic acids is 1. The van der Waals surface area contributed by atoms with E-state index in [0.29, 0.717) is 37.8 Å². The van der Waals surface area contributed by atoms with E-state index >= 15 is 0 Å². The zero-order chi connectivity index (χ0) is 22.6. The van der Waals surface area contributed by atoms with E-state index < -0.39 is 0 Å². The first-order valence-electron chi connectivity index (χ1n) is 11.3. The van der Waals surface area contributed by atoms with E-state index in [9.17, 15) is 4.79 Å². The fourth-order valence-electron chi connectivity index (χ4n) is 3.44. The average molecular weight is 439 g/mol. The van der Waals surface area contributed by atoms with Crippen molar-refractivity contribution >= 4 is 11.9 Å². The van der Waals surface area contributed by atoms with Crippen molar-refractivity contribution in [3.63, 3.8) is 0 Å². The maximum atomic E-state index is 12.1. The molecule has 172 valence electrons. The summed E-state index contributed by atoms with van der Waals surface area (Å²) in [4.78, 5) is 16.8. The van der Waals surface area contributed by atoms with E-state index in [1.807, 2.05) is 25.1 Å². The first-order chi connectivity index (χ1) is 15.7. The number of benzene rings is 2. The molecule has 1 aliphatic heterocycles. The van der Waals surface area contributed by atoms with Gasteiger partial charge in [-0.1, -0.05) is 30.3 Å². The summed E-state index contributed by atoms with van der Waals surface area (Å²) in [5.74, 6) is 1.48. The molecule has 1 saturated heterocycles. The Morgan fingerprint density at radius 3 is 2.69 bits per heavy atom. The lowest BCUT2D eigenvalue weighted by atomic mass is 10.1. The van der Waals surface area contributed by atoms with E-state index in [4.69, 9.17) is 14.5 Å². The number of aryl methyl sites for hydroxylation is 1. The molecule has 3 rings (SSSR count). The molecule has 2 aromatic rings. The molecule has 0 aliphatic carbocycles. The Morgan fingerprint density at radius 1 is 1.12 bits per heavy atom. The van der Waals surface area contributed by atoms with Gasteiger partial charge in [0.05, 0.1) is 12.6 Å². The van der Waals surface area contributed by atoms with Crippen LogP contribution in [0.15, 0.2) is 53.5 Å². The summed E-state index contributed by atoms with van der Waals surface area (Å²) in [6, 6.07) is 15.4. The minimum atomic E-state index is -0.0815. The monoisotopic (exact) mass is 438 g/mol. The molecule has 0 radical (unpaired) electrons. The molecule has 32 heavy (non-hydrogen) atoms. The predicted octanol–water partition coefficient (Wildman–Crippen LogP) is 3.04. The third kappa shape index (κ3) is 7.57. The van der Waals surface area contributed by atoms with Crippen molar-refractivity contribution in [3.05, 3.63) is 65.2 Å². The number of carbonyl (C=O) groups is 1. The van der Waals surface area contributed by atoms with Crippen molar-refractivity contribution in [2.24, 2.45) is 4.99 Å². The number of nitrogens with zero attached hydrogens (tertiary/aromatic N) is 1. The lowest BCUT2D eigenvalue weighted by Crippen LogP contribution is -2.41. The Balaban J connectivity index is 1.52. The fourth-order valence-corrected chi connectivity index (χ4v) is 3.44. The number of aliphatic imine (C=N–C) groups is 1. The molecule has 7 heteroatoms. The molecule has 0 spiro atoms. The van der Waals surface area contributed by atoms with Gasteiger partial charge in [-0.05, 0) is 50.5 Å². The summed E-state index contributed by atoms with van der Waals surface area (Å²) >= 11 is 0. The summed E-state index contributed by atoms with van der Waals surface area (Å²) in [5.41, 5.74) is 2.84. The number of amides is 1. The minimum Gasteiger partial charge on any atom is -0.491 e. The third-order valence-electron chi connectivity index (χ3n) is 5.16. The van der Waals surface area contributed by atoms with E-state index in [0.717, 1.165) is 42.9 Å². The number of hydrogen-bond acceptors (Lipinski definition) is 4. The van der Waals surface area contributed by atoms with Crippen LogP contribution in [0.4, 0.5) is 0 Å². The van der Waals surface area contributed by atoms with Crippen LogP contribution >= 0.6 is 0 Å². The zero-order valence-electron chi connectivity index (χ0n) is 19.0. The molecule has 0 bridgehead atoms. The Bertz CT molecular complexity index is 880. The summed E-state index contributed by atoms with van der Waals surface area (Å²) in [7, 11) is 0. The molecule has 7 nitrogen and oxygen atoms in total. The highest BCUT2D eigenvalue weighted by Crippen LogP contribution is 2.23. The summed E-state index contributed by atoms with van der Waals surface area (Å²) < 4.78 is 11.8. The van der Waals surface area contributed by atoms with Crippen LogP contribution in [-0.2, 0) is 11.3 Å². The van der Waals surface area contributed by atoms with Gasteiger partial charge in [0.25, 0.3) is 5.91 Å². The van der Waals surface area contributed by atoms with Gasteiger partial charge >= 0.3 is 0 Å². The standard InChI is InChI=1S/C25H34N4O3/c1-3-26-25(28-14-13-27-24(30)20-8-5-4-6-9-20)29-17-21-12-11-19(2)16-23(21)32-18-22-10-7-15-31-22/h4-6,8-9,11-12,16,22H,3,7,10,13-15,17-18H2,1-2H3,(H,27,30)(H2,26,28,29). The SMILES string of the molecule is CCNC(=NCc1ccc(C)cc1OCC1CCCO1)NCCNC(=O)c1ccccc1. The smallest absolute Gasteiger partial charge is 0.251 e. The molecular weight excluding hydrogens is 404 g/mol. The molecule has 1 amide bonds. The Hall–Kier alpha value is -3.06. The topological polar surface area (TPSA) is 84.0 Å². The van der Waals surface area contributed by atoms with Crippen molar-refractivity contribution in [3.8, 4) is 5.75 Å². The molecule has 1 atom stereocenters. The Kier molecular flexibility index (Phi) is 9.37. The van der Waals surface area contributed by atoms with Gasteiger partial charge in [0.1, 0.15) is 12.4 Å². The van der Waals surface area contributed by atoms with Crippen molar-refractivity contribution in [1.29, 1.82) is 0 Å². The van der Waals surface area contributed by atoms with E-state index in [1.54, 1.807) is 12.1 Å². The molecular formula is C25H34N4O3. The highest BCUT2D eigenvalue weighted by Gasteiger charge is 2.17. The van der Waals surface area contributed by atoms with Gasteiger partial charge in [-0.15, -0.1) is 0 Å². The second-order valence-electron chi connectivity index (χ2n) is 7.80. The molecule has 0 aromatic heterocycles. The quantitative estimate of drug-likeness (QED) is 0.302. The molecule has 1 heterocycles. The molecule has 1 fully saturated rings. The van der Waals surface area contributed by atoms with Crippen LogP contribution in [0.1, 0.15) is 41.3 Å². The Morgan fingerprint density at radius 2 is 1.94 bits per heavy atom. The van der Waals surface area contributed by atoms with Crippen LogP contribution < -0.4 is 20.7 Å². The maximum Gasteiger partial charge on any atom is 0.251 e. The second-order valence-corrected chi connectivity index (χ2v) is 7.80. The molecule has 1 aliphatic rings. The predicted molar refractivity (Wildman–Crippen MR) is 127 cm³/mol. The number of guanidine groups is 1. The van der Waals surface area contributed by atoms with E-state index in [2.05, 4.69) is 41.1 Å². The molecule has 0 saturated carbocycles. The molecule has 1 unspecified atom stereocenters. The van der Waals surface area contributed by atoms with Crippen molar-refractivity contribution in [2.45, 2.75) is 39.3 Å².